The van der Waals surface area contributed by atoms with Crippen LogP contribution in [-0.2, 0) is 6.42 Å². The van der Waals surface area contributed by atoms with Crippen molar-refractivity contribution in [2.24, 2.45) is 4.99 Å². The Labute approximate surface area is 137 Å². The van der Waals surface area contributed by atoms with Crippen LogP contribution >= 0.6 is 12.4 Å². The first-order valence-electron chi connectivity index (χ1n) is 7.11. The molecule has 3 rings (SSSR count). The van der Waals surface area contributed by atoms with Crippen LogP contribution in [0.1, 0.15) is 11.1 Å². The Morgan fingerprint density at radius 1 is 1.14 bits per heavy atom. The molecule has 2 N–H and O–H groups in total. The number of ether oxygens (including phenoxy) is 1. The summed E-state index contributed by atoms with van der Waals surface area (Å²) in [7, 11) is 1.69. The number of halogens is 1. The van der Waals surface area contributed by atoms with E-state index in [1.54, 1.807) is 7.11 Å². The largest absolute Gasteiger partial charge is 0.497 e. The third-order valence-electron chi connectivity index (χ3n) is 3.43. The van der Waals surface area contributed by atoms with Gasteiger partial charge < -0.3 is 15.4 Å². The molecule has 0 radical (unpaired) electrons. The molecule has 22 heavy (non-hydrogen) atoms. The van der Waals surface area contributed by atoms with Crippen molar-refractivity contribution in [2.45, 2.75) is 6.42 Å². The summed E-state index contributed by atoms with van der Waals surface area (Å²) >= 11 is 0. The van der Waals surface area contributed by atoms with Crippen molar-refractivity contribution >= 4 is 24.1 Å². The van der Waals surface area contributed by atoms with Gasteiger partial charge in [-0.25, -0.2) is 0 Å². The molecule has 0 aromatic heterocycles. The van der Waals surface area contributed by atoms with E-state index in [-0.39, 0.29) is 12.4 Å². The first kappa shape index (κ1) is 16.2. The Kier molecular flexibility index (Phi) is 5.67. The lowest BCUT2D eigenvalue weighted by Crippen LogP contribution is -2.26. The average molecular weight is 318 g/mol. The Morgan fingerprint density at radius 2 is 1.95 bits per heavy atom. The smallest absolute Gasteiger partial charge is 0.195 e. The van der Waals surface area contributed by atoms with E-state index in [1.807, 2.05) is 12.1 Å². The van der Waals surface area contributed by atoms with Gasteiger partial charge in [0.2, 0.25) is 0 Å². The minimum absolute atomic E-state index is 0. The summed E-state index contributed by atoms with van der Waals surface area (Å²) in [6.07, 6.45) is 0.899. The van der Waals surface area contributed by atoms with Gasteiger partial charge in [-0.15, -0.1) is 12.4 Å². The molecular weight excluding hydrogens is 298 g/mol. The van der Waals surface area contributed by atoms with Crippen LogP contribution in [0.15, 0.2) is 53.5 Å². The second-order valence-electron chi connectivity index (χ2n) is 5.01. The fourth-order valence-electron chi connectivity index (χ4n) is 2.34. The second-order valence-corrected chi connectivity index (χ2v) is 5.01. The highest BCUT2D eigenvalue weighted by Crippen LogP contribution is 2.17. The fourth-order valence-corrected chi connectivity index (χ4v) is 2.34. The molecule has 2 aromatic rings. The van der Waals surface area contributed by atoms with Gasteiger partial charge in [0.15, 0.2) is 5.96 Å². The van der Waals surface area contributed by atoms with Crippen molar-refractivity contribution in [2.75, 3.05) is 25.5 Å². The van der Waals surface area contributed by atoms with Crippen LogP contribution in [0.3, 0.4) is 0 Å². The Morgan fingerprint density at radius 3 is 2.64 bits per heavy atom. The fraction of sp³-hybridized carbons (Fsp3) is 0.235. The number of hydrogen-bond donors (Lipinski definition) is 2. The van der Waals surface area contributed by atoms with E-state index in [0.717, 1.165) is 36.9 Å². The van der Waals surface area contributed by atoms with Gasteiger partial charge in [0.05, 0.1) is 13.7 Å². The predicted molar refractivity (Wildman–Crippen MR) is 93.4 cm³/mol. The number of anilines is 1. The standard InChI is InChI=1S/C17H19N3O.ClH/c1-21-16-4-2-3-14(12-16)11-13-5-7-15(8-6-13)20-17-18-9-10-19-17;/h2-8,12H,9-11H2,1H3,(H2,18,19,20);1H. The second kappa shape index (κ2) is 7.71. The van der Waals surface area contributed by atoms with E-state index >= 15 is 0 Å². The summed E-state index contributed by atoms with van der Waals surface area (Å²) in [4.78, 5) is 4.32. The van der Waals surface area contributed by atoms with E-state index in [9.17, 15) is 0 Å². The Bertz CT molecular complexity index is 641. The van der Waals surface area contributed by atoms with Gasteiger partial charge in [0.25, 0.3) is 0 Å². The zero-order valence-electron chi connectivity index (χ0n) is 12.5. The molecule has 4 nitrogen and oxygen atoms in total. The molecule has 0 bridgehead atoms. The lowest BCUT2D eigenvalue weighted by molar-refractivity contribution is 0.414. The Balaban J connectivity index is 0.00000176. The molecule has 0 saturated heterocycles. The molecule has 2 aromatic carbocycles. The first-order chi connectivity index (χ1) is 10.3. The molecule has 0 atom stereocenters. The number of rotatable bonds is 4. The van der Waals surface area contributed by atoms with Crippen molar-refractivity contribution in [1.82, 2.24) is 5.32 Å². The first-order valence-corrected chi connectivity index (χ1v) is 7.11. The van der Waals surface area contributed by atoms with E-state index in [0.29, 0.717) is 0 Å². The van der Waals surface area contributed by atoms with Crippen LogP contribution in [0, 0.1) is 0 Å². The highest BCUT2D eigenvalue weighted by atomic mass is 35.5. The number of benzene rings is 2. The summed E-state index contributed by atoms with van der Waals surface area (Å²) in [5.41, 5.74) is 3.57. The number of nitrogens with one attached hydrogen (secondary N) is 2. The summed E-state index contributed by atoms with van der Waals surface area (Å²) in [5.74, 6) is 1.76. The molecule has 1 aliphatic heterocycles. The SMILES string of the molecule is COc1cccc(Cc2ccc(NC3=NCCN3)cc2)c1.Cl. The number of methoxy groups -OCH3 is 1. The van der Waals surface area contributed by atoms with Crippen LogP contribution in [0.2, 0.25) is 0 Å². The van der Waals surface area contributed by atoms with Crippen LogP contribution < -0.4 is 15.4 Å². The molecule has 5 heteroatoms. The summed E-state index contributed by atoms with van der Waals surface area (Å²) < 4.78 is 5.26. The quantitative estimate of drug-likeness (QED) is 0.911. The van der Waals surface area contributed by atoms with Crippen LogP contribution in [0.4, 0.5) is 5.69 Å². The average Bonchev–Trinajstić information content (AvgIpc) is 3.02. The van der Waals surface area contributed by atoms with Gasteiger partial charge in [-0.3, -0.25) is 4.99 Å². The van der Waals surface area contributed by atoms with Gasteiger partial charge in [-0.05, 0) is 41.8 Å². The normalized spacial score (nSPS) is 12.9. The summed E-state index contributed by atoms with van der Waals surface area (Å²) in [6.45, 7) is 1.76. The lowest BCUT2D eigenvalue weighted by Gasteiger charge is -2.08. The number of hydrogen-bond acceptors (Lipinski definition) is 4. The van der Waals surface area contributed by atoms with Gasteiger partial charge >= 0.3 is 0 Å². The molecule has 1 aliphatic rings. The zero-order chi connectivity index (χ0) is 14.5. The topological polar surface area (TPSA) is 45.6 Å². The van der Waals surface area contributed by atoms with E-state index < -0.39 is 0 Å². The van der Waals surface area contributed by atoms with E-state index in [2.05, 4.69) is 52.0 Å². The molecule has 116 valence electrons. The van der Waals surface area contributed by atoms with Crippen molar-refractivity contribution < 1.29 is 4.74 Å². The maximum atomic E-state index is 5.26. The Hall–Kier alpha value is -2.20. The molecule has 0 fully saturated rings. The van der Waals surface area contributed by atoms with Crippen molar-refractivity contribution in [3.63, 3.8) is 0 Å². The highest BCUT2D eigenvalue weighted by Gasteiger charge is 2.04. The lowest BCUT2D eigenvalue weighted by atomic mass is 10.0. The summed E-state index contributed by atoms with van der Waals surface area (Å²) in [5, 5.41) is 6.47. The zero-order valence-corrected chi connectivity index (χ0v) is 13.3. The monoisotopic (exact) mass is 317 g/mol. The van der Waals surface area contributed by atoms with Gasteiger partial charge in [-0.2, -0.15) is 0 Å². The number of guanidine groups is 1. The molecule has 0 spiro atoms. The minimum atomic E-state index is 0. The minimum Gasteiger partial charge on any atom is -0.497 e. The maximum absolute atomic E-state index is 5.26. The maximum Gasteiger partial charge on any atom is 0.195 e. The van der Waals surface area contributed by atoms with Gasteiger partial charge in [0.1, 0.15) is 5.75 Å². The van der Waals surface area contributed by atoms with Crippen LogP contribution in [-0.4, -0.2) is 26.2 Å². The number of aliphatic imine (C=N–C) groups is 1. The molecule has 1 heterocycles. The third-order valence-corrected chi connectivity index (χ3v) is 3.43. The van der Waals surface area contributed by atoms with Crippen molar-refractivity contribution in [3.05, 3.63) is 59.7 Å². The molecule has 0 unspecified atom stereocenters. The van der Waals surface area contributed by atoms with Crippen molar-refractivity contribution in [1.29, 1.82) is 0 Å². The predicted octanol–water partition coefficient (Wildman–Crippen LogP) is 3.08. The molecule has 0 aliphatic carbocycles. The molecule has 0 saturated carbocycles. The van der Waals surface area contributed by atoms with E-state index in [4.69, 9.17) is 4.74 Å². The number of nitrogens with zero attached hydrogens (tertiary/aromatic N) is 1. The van der Waals surface area contributed by atoms with Crippen molar-refractivity contribution in [3.8, 4) is 5.75 Å². The molecular formula is C17H20ClN3O. The highest BCUT2D eigenvalue weighted by molar-refractivity contribution is 5.94. The van der Waals surface area contributed by atoms with Crippen LogP contribution in [0.5, 0.6) is 5.75 Å². The van der Waals surface area contributed by atoms with E-state index in [1.165, 1.54) is 11.1 Å². The third kappa shape index (κ3) is 4.15. The van der Waals surface area contributed by atoms with Gasteiger partial charge in [0, 0.05) is 12.2 Å². The van der Waals surface area contributed by atoms with Crippen LogP contribution in [0.25, 0.3) is 0 Å². The summed E-state index contributed by atoms with van der Waals surface area (Å²) in [6, 6.07) is 16.6. The van der Waals surface area contributed by atoms with Gasteiger partial charge in [-0.1, -0.05) is 24.3 Å². The molecule has 0 amide bonds.